The van der Waals surface area contributed by atoms with Gasteiger partial charge >= 0.3 is 0 Å². The van der Waals surface area contributed by atoms with Crippen LogP contribution in [0.3, 0.4) is 0 Å². The molecule has 0 radical (unpaired) electrons. The van der Waals surface area contributed by atoms with Gasteiger partial charge in [0.15, 0.2) is 0 Å². The summed E-state index contributed by atoms with van der Waals surface area (Å²) in [5, 5.41) is 8.07. The molecule has 1 saturated heterocycles. The molecule has 134 valence electrons. The summed E-state index contributed by atoms with van der Waals surface area (Å²) in [4.78, 5) is 14.1. The molecule has 1 fully saturated rings. The van der Waals surface area contributed by atoms with Crippen LogP contribution in [0.15, 0.2) is 12.5 Å². The molecule has 1 atom stereocenters. The van der Waals surface area contributed by atoms with Crippen molar-refractivity contribution in [3.63, 3.8) is 0 Å². The zero-order chi connectivity index (χ0) is 17.4. The molecule has 0 aromatic carbocycles. The third-order valence-corrected chi connectivity index (χ3v) is 5.75. The summed E-state index contributed by atoms with van der Waals surface area (Å²) in [6.07, 6.45) is 8.67. The SMILES string of the molecule is Cc1nncn1CCN1CCCC2(CCc3cnc(N(C)C)nc32)C1. The lowest BCUT2D eigenvalue weighted by Gasteiger charge is -2.40. The molecule has 1 aliphatic carbocycles. The first-order chi connectivity index (χ1) is 12.1. The van der Waals surface area contributed by atoms with Crippen LogP contribution in [0.5, 0.6) is 0 Å². The predicted octanol–water partition coefficient (Wildman–Crippen LogP) is 1.42. The van der Waals surface area contributed by atoms with Crippen molar-refractivity contribution >= 4 is 5.95 Å². The second-order valence-electron chi connectivity index (χ2n) is 7.67. The first-order valence-electron chi connectivity index (χ1n) is 9.18. The molecule has 2 aromatic rings. The van der Waals surface area contributed by atoms with Gasteiger partial charge in [-0.2, -0.15) is 0 Å². The maximum absolute atomic E-state index is 4.95. The van der Waals surface area contributed by atoms with E-state index in [-0.39, 0.29) is 5.41 Å². The van der Waals surface area contributed by atoms with Gasteiger partial charge in [0.1, 0.15) is 12.2 Å². The molecule has 0 N–H and O–H groups in total. The number of rotatable bonds is 4. The molecule has 0 amide bonds. The molecule has 3 heterocycles. The van der Waals surface area contributed by atoms with Gasteiger partial charge < -0.3 is 14.4 Å². The summed E-state index contributed by atoms with van der Waals surface area (Å²) in [6.45, 7) is 6.28. The number of fused-ring (bicyclic) bond motifs is 2. The highest BCUT2D eigenvalue weighted by molar-refractivity contribution is 5.39. The van der Waals surface area contributed by atoms with Crippen LogP contribution >= 0.6 is 0 Å². The van der Waals surface area contributed by atoms with Gasteiger partial charge in [0.2, 0.25) is 5.95 Å². The second-order valence-corrected chi connectivity index (χ2v) is 7.67. The first-order valence-corrected chi connectivity index (χ1v) is 9.18. The highest BCUT2D eigenvalue weighted by atomic mass is 15.3. The summed E-state index contributed by atoms with van der Waals surface area (Å²) in [7, 11) is 4.02. The van der Waals surface area contributed by atoms with Crippen molar-refractivity contribution in [2.45, 2.75) is 44.6 Å². The number of aromatic nitrogens is 5. The van der Waals surface area contributed by atoms with Gasteiger partial charge in [-0.25, -0.2) is 9.97 Å². The fourth-order valence-corrected chi connectivity index (χ4v) is 4.34. The van der Waals surface area contributed by atoms with Crippen LogP contribution in [-0.2, 0) is 18.4 Å². The Hall–Kier alpha value is -2.02. The lowest BCUT2D eigenvalue weighted by Crippen LogP contribution is -2.46. The Balaban J connectivity index is 1.52. The van der Waals surface area contributed by atoms with E-state index in [0.29, 0.717) is 0 Å². The third kappa shape index (κ3) is 3.01. The zero-order valence-corrected chi connectivity index (χ0v) is 15.4. The van der Waals surface area contributed by atoms with Crippen molar-refractivity contribution in [3.05, 3.63) is 29.6 Å². The number of likely N-dealkylation sites (tertiary alicyclic amines) is 1. The molecule has 1 unspecified atom stereocenters. The maximum atomic E-state index is 4.95. The number of nitrogens with zero attached hydrogens (tertiary/aromatic N) is 7. The average molecular weight is 341 g/mol. The molecule has 0 saturated carbocycles. The molecule has 1 aliphatic heterocycles. The highest BCUT2D eigenvalue weighted by Crippen LogP contribution is 2.44. The summed E-state index contributed by atoms with van der Waals surface area (Å²) >= 11 is 0. The minimum Gasteiger partial charge on any atom is -0.347 e. The fourth-order valence-electron chi connectivity index (χ4n) is 4.34. The second kappa shape index (κ2) is 6.37. The summed E-state index contributed by atoms with van der Waals surface area (Å²) in [5.74, 6) is 1.82. The van der Waals surface area contributed by atoms with E-state index in [1.807, 2.05) is 38.4 Å². The Morgan fingerprint density at radius 2 is 2.12 bits per heavy atom. The van der Waals surface area contributed by atoms with E-state index in [1.165, 1.54) is 37.1 Å². The Labute approximate surface area is 149 Å². The normalized spacial score (nSPS) is 23.2. The topological polar surface area (TPSA) is 63.0 Å². The van der Waals surface area contributed by atoms with Crippen molar-refractivity contribution in [1.29, 1.82) is 0 Å². The van der Waals surface area contributed by atoms with Crippen LogP contribution in [0, 0.1) is 6.92 Å². The van der Waals surface area contributed by atoms with Crippen LogP contribution in [0.25, 0.3) is 0 Å². The van der Waals surface area contributed by atoms with E-state index in [1.54, 1.807) is 0 Å². The molecular formula is C18H27N7. The highest BCUT2D eigenvalue weighted by Gasteiger charge is 2.43. The van der Waals surface area contributed by atoms with Gasteiger partial charge in [-0.05, 0) is 44.7 Å². The molecule has 2 aliphatic rings. The van der Waals surface area contributed by atoms with Crippen LogP contribution in [0.1, 0.15) is 36.3 Å². The van der Waals surface area contributed by atoms with Crippen LogP contribution in [0.2, 0.25) is 0 Å². The van der Waals surface area contributed by atoms with E-state index in [2.05, 4.69) is 24.6 Å². The minimum absolute atomic E-state index is 0.212. The Bertz CT molecular complexity index is 750. The van der Waals surface area contributed by atoms with Crippen molar-refractivity contribution in [2.75, 3.05) is 38.6 Å². The number of aryl methyl sites for hydroxylation is 2. The van der Waals surface area contributed by atoms with Crippen LogP contribution in [0.4, 0.5) is 5.95 Å². The van der Waals surface area contributed by atoms with Gasteiger partial charge in [0, 0.05) is 45.3 Å². The monoisotopic (exact) mass is 341 g/mol. The zero-order valence-electron chi connectivity index (χ0n) is 15.4. The van der Waals surface area contributed by atoms with Crippen molar-refractivity contribution < 1.29 is 0 Å². The molecule has 25 heavy (non-hydrogen) atoms. The van der Waals surface area contributed by atoms with E-state index in [9.17, 15) is 0 Å². The average Bonchev–Trinajstić information content (AvgIpc) is 3.17. The molecule has 7 heteroatoms. The minimum atomic E-state index is 0.212. The molecular weight excluding hydrogens is 314 g/mol. The van der Waals surface area contributed by atoms with Gasteiger partial charge in [-0.3, -0.25) is 0 Å². The van der Waals surface area contributed by atoms with Gasteiger partial charge in [0.25, 0.3) is 0 Å². The standard InChI is InChI=1S/C18H27N7/c1-14-22-20-13-25(14)10-9-24-8-4-6-18(12-24)7-5-15-11-19-17(23(2)3)21-16(15)18/h11,13H,4-10,12H2,1-3H3. The van der Waals surface area contributed by atoms with Gasteiger partial charge in [-0.1, -0.05) is 0 Å². The number of hydrogen-bond donors (Lipinski definition) is 0. The fraction of sp³-hybridized carbons (Fsp3) is 0.667. The van der Waals surface area contributed by atoms with Crippen molar-refractivity contribution in [3.8, 4) is 0 Å². The van der Waals surface area contributed by atoms with Crippen molar-refractivity contribution in [2.24, 2.45) is 0 Å². The summed E-state index contributed by atoms with van der Waals surface area (Å²) in [6, 6.07) is 0. The maximum Gasteiger partial charge on any atom is 0.225 e. The smallest absolute Gasteiger partial charge is 0.225 e. The third-order valence-electron chi connectivity index (χ3n) is 5.75. The van der Waals surface area contributed by atoms with Crippen LogP contribution < -0.4 is 4.90 Å². The van der Waals surface area contributed by atoms with Crippen LogP contribution in [-0.4, -0.2) is 63.4 Å². The molecule has 0 bridgehead atoms. The summed E-state index contributed by atoms with van der Waals surface area (Å²) < 4.78 is 2.14. The van der Waals surface area contributed by atoms with E-state index in [4.69, 9.17) is 4.98 Å². The molecule has 1 spiro atoms. The lowest BCUT2D eigenvalue weighted by atomic mass is 9.77. The van der Waals surface area contributed by atoms with E-state index < -0.39 is 0 Å². The Morgan fingerprint density at radius 1 is 1.24 bits per heavy atom. The van der Waals surface area contributed by atoms with E-state index >= 15 is 0 Å². The molecule has 2 aromatic heterocycles. The predicted molar refractivity (Wildman–Crippen MR) is 96.8 cm³/mol. The first kappa shape index (κ1) is 16.4. The Morgan fingerprint density at radius 3 is 2.88 bits per heavy atom. The number of hydrogen-bond acceptors (Lipinski definition) is 6. The number of piperidine rings is 1. The molecule has 4 rings (SSSR count). The van der Waals surface area contributed by atoms with E-state index in [0.717, 1.165) is 37.8 Å². The van der Waals surface area contributed by atoms with Crippen molar-refractivity contribution in [1.82, 2.24) is 29.6 Å². The molecule has 7 nitrogen and oxygen atoms in total. The largest absolute Gasteiger partial charge is 0.347 e. The Kier molecular flexibility index (Phi) is 4.19. The quantitative estimate of drug-likeness (QED) is 0.838. The van der Waals surface area contributed by atoms with Gasteiger partial charge in [-0.15, -0.1) is 10.2 Å². The van der Waals surface area contributed by atoms with Gasteiger partial charge in [0.05, 0.1) is 5.69 Å². The summed E-state index contributed by atoms with van der Waals surface area (Å²) in [5.41, 5.74) is 2.86. The number of anilines is 1. The lowest BCUT2D eigenvalue weighted by molar-refractivity contribution is 0.139.